The van der Waals surface area contributed by atoms with Crippen molar-refractivity contribution in [2.45, 2.75) is 24.7 Å². The van der Waals surface area contributed by atoms with Crippen LogP contribution in [0.5, 0.6) is 5.75 Å². The SMILES string of the molecule is COc1ccccc1Nc1ccc(NS(=O)(=O)c2ccc(C(C)C)cc2)nc1. The van der Waals surface area contributed by atoms with Gasteiger partial charge in [0.05, 0.1) is 29.6 Å². The van der Waals surface area contributed by atoms with E-state index in [1.54, 1.807) is 37.6 Å². The molecule has 0 aliphatic heterocycles. The molecule has 6 nitrogen and oxygen atoms in total. The van der Waals surface area contributed by atoms with E-state index in [9.17, 15) is 8.42 Å². The molecular weight excluding hydrogens is 374 g/mol. The first-order valence-corrected chi connectivity index (χ1v) is 10.4. The Bertz CT molecular complexity index is 1030. The third-order valence-electron chi connectivity index (χ3n) is 4.25. The molecule has 0 spiro atoms. The number of aromatic nitrogens is 1. The van der Waals surface area contributed by atoms with E-state index >= 15 is 0 Å². The molecule has 1 heterocycles. The minimum Gasteiger partial charge on any atom is -0.495 e. The van der Waals surface area contributed by atoms with Crippen LogP contribution >= 0.6 is 0 Å². The lowest BCUT2D eigenvalue weighted by Gasteiger charge is -2.12. The Hall–Kier alpha value is -3.06. The average molecular weight is 398 g/mol. The molecule has 2 aromatic carbocycles. The van der Waals surface area contributed by atoms with E-state index in [2.05, 4.69) is 28.9 Å². The predicted molar refractivity (Wildman–Crippen MR) is 112 cm³/mol. The van der Waals surface area contributed by atoms with Crippen LogP contribution in [0.1, 0.15) is 25.3 Å². The average Bonchev–Trinajstić information content (AvgIpc) is 2.70. The van der Waals surface area contributed by atoms with Gasteiger partial charge in [-0.2, -0.15) is 0 Å². The first-order chi connectivity index (χ1) is 13.4. The Morgan fingerprint density at radius 3 is 2.29 bits per heavy atom. The summed E-state index contributed by atoms with van der Waals surface area (Å²) in [5.74, 6) is 1.30. The van der Waals surface area contributed by atoms with E-state index in [0.717, 1.165) is 11.3 Å². The lowest BCUT2D eigenvalue weighted by atomic mass is 10.0. The Labute approximate surface area is 165 Å². The number of ether oxygens (including phenoxy) is 1. The number of benzene rings is 2. The molecule has 1 aromatic heterocycles. The number of hydrogen-bond acceptors (Lipinski definition) is 5. The van der Waals surface area contributed by atoms with E-state index in [-0.39, 0.29) is 10.7 Å². The van der Waals surface area contributed by atoms with Gasteiger partial charge in [-0.25, -0.2) is 13.4 Å². The normalized spacial score (nSPS) is 11.3. The molecule has 0 bridgehead atoms. The van der Waals surface area contributed by atoms with Crippen LogP contribution in [0.2, 0.25) is 0 Å². The van der Waals surface area contributed by atoms with Crippen LogP contribution in [0.15, 0.2) is 71.8 Å². The molecule has 3 aromatic rings. The van der Waals surface area contributed by atoms with Crippen LogP contribution < -0.4 is 14.8 Å². The van der Waals surface area contributed by atoms with Gasteiger partial charge in [-0.1, -0.05) is 38.1 Å². The smallest absolute Gasteiger partial charge is 0.263 e. The third-order valence-corrected chi connectivity index (χ3v) is 5.62. The second-order valence-corrected chi connectivity index (χ2v) is 8.27. The predicted octanol–water partition coefficient (Wildman–Crippen LogP) is 4.76. The zero-order valence-electron chi connectivity index (χ0n) is 16.0. The molecular formula is C21H23N3O3S. The summed E-state index contributed by atoms with van der Waals surface area (Å²) < 4.78 is 32.9. The Balaban J connectivity index is 1.72. The summed E-state index contributed by atoms with van der Waals surface area (Å²) in [6.07, 6.45) is 1.56. The van der Waals surface area contributed by atoms with Crippen molar-refractivity contribution in [1.82, 2.24) is 4.98 Å². The number of methoxy groups -OCH3 is 1. The summed E-state index contributed by atoms with van der Waals surface area (Å²) in [6.45, 7) is 4.12. The maximum Gasteiger partial charge on any atom is 0.263 e. The zero-order chi connectivity index (χ0) is 20.1. The van der Waals surface area contributed by atoms with Gasteiger partial charge in [0.15, 0.2) is 0 Å². The van der Waals surface area contributed by atoms with E-state index in [1.165, 1.54) is 0 Å². The van der Waals surface area contributed by atoms with Crippen molar-refractivity contribution >= 4 is 27.2 Å². The standard InChI is InChI=1S/C21H23N3O3S/c1-15(2)16-8-11-18(12-9-16)28(25,26)24-21-13-10-17(14-22-21)23-19-6-4-5-7-20(19)27-3/h4-15,23H,1-3H3,(H,22,24). The zero-order valence-corrected chi connectivity index (χ0v) is 16.8. The largest absolute Gasteiger partial charge is 0.495 e. The highest BCUT2D eigenvalue weighted by Gasteiger charge is 2.15. The van der Waals surface area contributed by atoms with Gasteiger partial charge in [-0.15, -0.1) is 0 Å². The van der Waals surface area contributed by atoms with E-state index in [4.69, 9.17) is 4.74 Å². The van der Waals surface area contributed by atoms with Crippen LogP contribution in [0.25, 0.3) is 0 Å². The van der Waals surface area contributed by atoms with Crippen LogP contribution in [-0.4, -0.2) is 20.5 Å². The molecule has 0 amide bonds. The van der Waals surface area contributed by atoms with Crippen molar-refractivity contribution in [2.75, 3.05) is 17.1 Å². The van der Waals surface area contributed by atoms with E-state index in [0.29, 0.717) is 17.4 Å². The fourth-order valence-electron chi connectivity index (χ4n) is 2.66. The van der Waals surface area contributed by atoms with Crippen molar-refractivity contribution < 1.29 is 13.2 Å². The first kappa shape index (κ1) is 19.7. The number of sulfonamides is 1. The summed E-state index contributed by atoms with van der Waals surface area (Å²) in [5.41, 5.74) is 2.60. The minimum absolute atomic E-state index is 0.204. The molecule has 146 valence electrons. The van der Waals surface area contributed by atoms with Gasteiger partial charge in [0.25, 0.3) is 10.0 Å². The molecule has 0 fully saturated rings. The molecule has 0 atom stereocenters. The van der Waals surface area contributed by atoms with Gasteiger partial charge >= 0.3 is 0 Å². The highest BCUT2D eigenvalue weighted by Crippen LogP contribution is 2.27. The summed E-state index contributed by atoms with van der Waals surface area (Å²) >= 11 is 0. The summed E-state index contributed by atoms with van der Waals surface area (Å²) in [7, 11) is -2.09. The summed E-state index contributed by atoms with van der Waals surface area (Å²) in [5, 5.41) is 3.20. The number of rotatable bonds is 7. The van der Waals surface area contributed by atoms with Gasteiger partial charge < -0.3 is 10.1 Å². The maximum atomic E-state index is 12.6. The van der Waals surface area contributed by atoms with E-state index in [1.807, 2.05) is 36.4 Å². The van der Waals surface area contributed by atoms with Crippen LogP contribution in [-0.2, 0) is 10.0 Å². The molecule has 7 heteroatoms. The quantitative estimate of drug-likeness (QED) is 0.601. The van der Waals surface area contributed by atoms with Crippen molar-refractivity contribution in [2.24, 2.45) is 0 Å². The van der Waals surface area contributed by atoms with Crippen LogP contribution in [0.4, 0.5) is 17.2 Å². The number of hydrogen-bond donors (Lipinski definition) is 2. The highest BCUT2D eigenvalue weighted by molar-refractivity contribution is 7.92. The Morgan fingerprint density at radius 1 is 0.964 bits per heavy atom. The lowest BCUT2D eigenvalue weighted by molar-refractivity contribution is 0.417. The number of nitrogens with one attached hydrogen (secondary N) is 2. The fourth-order valence-corrected chi connectivity index (χ4v) is 3.67. The van der Waals surface area contributed by atoms with Gasteiger partial charge in [-0.05, 0) is 47.9 Å². The maximum absolute atomic E-state index is 12.6. The van der Waals surface area contributed by atoms with Crippen LogP contribution in [0.3, 0.4) is 0 Å². The lowest BCUT2D eigenvalue weighted by Crippen LogP contribution is -2.14. The van der Waals surface area contributed by atoms with Crippen molar-refractivity contribution in [3.05, 3.63) is 72.4 Å². The molecule has 3 rings (SSSR count). The monoisotopic (exact) mass is 397 g/mol. The summed E-state index contributed by atoms with van der Waals surface area (Å²) in [4.78, 5) is 4.40. The topological polar surface area (TPSA) is 80.3 Å². The minimum atomic E-state index is -3.69. The third kappa shape index (κ3) is 4.61. The van der Waals surface area contributed by atoms with Crippen molar-refractivity contribution in [1.29, 1.82) is 0 Å². The summed E-state index contributed by atoms with van der Waals surface area (Å²) in [6, 6.07) is 17.7. The molecule has 0 saturated carbocycles. The number of anilines is 3. The van der Waals surface area contributed by atoms with E-state index < -0.39 is 10.0 Å². The Morgan fingerprint density at radius 2 is 1.68 bits per heavy atom. The highest BCUT2D eigenvalue weighted by atomic mass is 32.2. The molecule has 28 heavy (non-hydrogen) atoms. The second kappa shape index (κ2) is 8.31. The number of para-hydroxylation sites is 2. The van der Waals surface area contributed by atoms with Gasteiger partial charge in [0, 0.05) is 0 Å². The van der Waals surface area contributed by atoms with Crippen molar-refractivity contribution in [3.63, 3.8) is 0 Å². The molecule has 2 N–H and O–H groups in total. The fraction of sp³-hybridized carbons (Fsp3) is 0.190. The molecule has 0 aliphatic rings. The molecule has 0 saturated heterocycles. The molecule has 0 radical (unpaired) electrons. The molecule has 0 unspecified atom stereocenters. The second-order valence-electron chi connectivity index (χ2n) is 6.59. The molecule has 0 aliphatic carbocycles. The van der Waals surface area contributed by atoms with Crippen molar-refractivity contribution in [3.8, 4) is 5.75 Å². The Kier molecular flexibility index (Phi) is 5.84. The number of pyridine rings is 1. The first-order valence-electron chi connectivity index (χ1n) is 8.88. The van der Waals surface area contributed by atoms with Crippen LogP contribution in [0, 0.1) is 0 Å². The van der Waals surface area contributed by atoms with Gasteiger partial charge in [0.1, 0.15) is 11.6 Å². The van der Waals surface area contributed by atoms with Gasteiger partial charge in [-0.3, -0.25) is 4.72 Å². The van der Waals surface area contributed by atoms with Gasteiger partial charge in [0.2, 0.25) is 0 Å². The number of nitrogens with zero attached hydrogens (tertiary/aromatic N) is 1.